The van der Waals surface area contributed by atoms with Crippen LogP contribution < -0.4 is 4.72 Å². The van der Waals surface area contributed by atoms with E-state index in [0.717, 1.165) is 6.42 Å². The fourth-order valence-corrected chi connectivity index (χ4v) is 3.00. The van der Waals surface area contributed by atoms with Crippen LogP contribution in [0.5, 0.6) is 0 Å². The molecule has 106 valence electrons. The minimum atomic E-state index is -3.35. The largest absolute Gasteiger partial charge is 0.465 e. The molecule has 5 nitrogen and oxygen atoms in total. The normalized spacial score (nSPS) is 13.0. The highest BCUT2D eigenvalue weighted by Crippen LogP contribution is 2.09. The predicted octanol–water partition coefficient (Wildman–Crippen LogP) is 1.69. The maximum absolute atomic E-state index is 11.8. The van der Waals surface area contributed by atoms with Crippen molar-refractivity contribution in [2.75, 3.05) is 7.11 Å². The first kappa shape index (κ1) is 15.7. The first-order valence-corrected chi connectivity index (χ1v) is 7.70. The van der Waals surface area contributed by atoms with E-state index in [-0.39, 0.29) is 11.8 Å². The molecule has 0 saturated heterocycles. The highest BCUT2D eigenvalue weighted by molar-refractivity contribution is 7.88. The number of hydrogen-bond donors (Lipinski definition) is 1. The lowest BCUT2D eigenvalue weighted by Gasteiger charge is -2.12. The molecule has 6 heteroatoms. The van der Waals surface area contributed by atoms with Gasteiger partial charge in [-0.3, -0.25) is 0 Å². The first-order valence-electron chi connectivity index (χ1n) is 6.05. The van der Waals surface area contributed by atoms with E-state index in [1.807, 2.05) is 13.8 Å². The lowest BCUT2D eigenvalue weighted by atomic mass is 10.1. The van der Waals surface area contributed by atoms with E-state index in [2.05, 4.69) is 9.46 Å². The van der Waals surface area contributed by atoms with Crippen molar-refractivity contribution in [1.29, 1.82) is 0 Å². The summed E-state index contributed by atoms with van der Waals surface area (Å²) in [5.41, 5.74) is 1.03. The number of ether oxygens (including phenoxy) is 1. The molecule has 0 amide bonds. The van der Waals surface area contributed by atoms with Crippen LogP contribution in [0.2, 0.25) is 0 Å². The van der Waals surface area contributed by atoms with Crippen molar-refractivity contribution in [2.45, 2.75) is 32.1 Å². The summed E-state index contributed by atoms with van der Waals surface area (Å²) >= 11 is 0. The van der Waals surface area contributed by atoms with Gasteiger partial charge in [0.2, 0.25) is 10.0 Å². The minimum absolute atomic E-state index is 0.0839. The Morgan fingerprint density at radius 3 is 2.37 bits per heavy atom. The molecule has 1 atom stereocenters. The second-order valence-electron chi connectivity index (χ2n) is 4.37. The molecule has 1 aromatic carbocycles. The van der Waals surface area contributed by atoms with Crippen LogP contribution in [-0.4, -0.2) is 27.5 Å². The van der Waals surface area contributed by atoms with Crippen LogP contribution in [0.15, 0.2) is 24.3 Å². The Morgan fingerprint density at radius 2 is 1.89 bits per heavy atom. The Bertz CT molecular complexity index is 522. The Kier molecular flexibility index (Phi) is 5.50. The number of esters is 1. The third-order valence-corrected chi connectivity index (χ3v) is 4.20. The highest BCUT2D eigenvalue weighted by Gasteiger charge is 2.14. The van der Waals surface area contributed by atoms with E-state index in [9.17, 15) is 13.2 Å². The molecule has 0 saturated carbocycles. The summed E-state index contributed by atoms with van der Waals surface area (Å²) < 4.78 is 30.8. The number of carbonyl (C=O) groups excluding carboxylic acids is 1. The molecular weight excluding hydrogens is 266 g/mol. The zero-order valence-electron chi connectivity index (χ0n) is 11.3. The lowest BCUT2D eigenvalue weighted by molar-refractivity contribution is 0.0600. The predicted molar refractivity (Wildman–Crippen MR) is 73.3 cm³/mol. The molecule has 0 aliphatic rings. The van der Waals surface area contributed by atoms with Crippen molar-refractivity contribution in [1.82, 2.24) is 4.72 Å². The molecule has 1 aromatic rings. The van der Waals surface area contributed by atoms with E-state index in [1.54, 1.807) is 24.3 Å². The maximum Gasteiger partial charge on any atom is 0.337 e. The molecule has 19 heavy (non-hydrogen) atoms. The van der Waals surface area contributed by atoms with E-state index in [1.165, 1.54) is 7.11 Å². The van der Waals surface area contributed by atoms with Gasteiger partial charge >= 0.3 is 5.97 Å². The SMILES string of the molecule is CCC(C)NS(=O)(=O)Cc1ccc(C(=O)OC)cc1. The molecule has 1 rings (SSSR count). The van der Waals surface area contributed by atoms with Gasteiger partial charge in [-0.05, 0) is 31.0 Å². The Balaban J connectivity index is 2.75. The van der Waals surface area contributed by atoms with Crippen LogP contribution >= 0.6 is 0 Å². The van der Waals surface area contributed by atoms with Gasteiger partial charge in [0.15, 0.2) is 0 Å². The molecule has 0 radical (unpaired) electrons. The summed E-state index contributed by atoms with van der Waals surface area (Å²) in [5.74, 6) is -0.536. The maximum atomic E-state index is 11.8. The number of nitrogens with one attached hydrogen (secondary N) is 1. The molecular formula is C13H19NO4S. The van der Waals surface area contributed by atoms with Crippen LogP contribution in [0.1, 0.15) is 36.2 Å². The van der Waals surface area contributed by atoms with Gasteiger partial charge in [-0.1, -0.05) is 19.1 Å². The van der Waals surface area contributed by atoms with Crippen LogP contribution in [0.4, 0.5) is 0 Å². The van der Waals surface area contributed by atoms with Gasteiger partial charge in [0.25, 0.3) is 0 Å². The fraction of sp³-hybridized carbons (Fsp3) is 0.462. The molecule has 0 aliphatic heterocycles. The summed E-state index contributed by atoms with van der Waals surface area (Å²) in [6, 6.07) is 6.25. The van der Waals surface area contributed by atoms with Gasteiger partial charge in [-0.15, -0.1) is 0 Å². The number of sulfonamides is 1. The van der Waals surface area contributed by atoms with Gasteiger partial charge in [0, 0.05) is 6.04 Å². The van der Waals surface area contributed by atoms with Crippen molar-refractivity contribution in [3.8, 4) is 0 Å². The van der Waals surface area contributed by atoms with Gasteiger partial charge in [-0.2, -0.15) is 0 Å². The zero-order chi connectivity index (χ0) is 14.5. The number of hydrogen-bond acceptors (Lipinski definition) is 4. The van der Waals surface area contributed by atoms with Crippen molar-refractivity contribution in [3.05, 3.63) is 35.4 Å². The van der Waals surface area contributed by atoms with Gasteiger partial charge in [0.05, 0.1) is 18.4 Å². The molecule has 0 fully saturated rings. The first-order chi connectivity index (χ1) is 8.88. The summed E-state index contributed by atoms with van der Waals surface area (Å²) in [4.78, 5) is 11.2. The third kappa shape index (κ3) is 5.00. The van der Waals surface area contributed by atoms with Gasteiger partial charge in [0.1, 0.15) is 0 Å². The molecule has 1 N–H and O–H groups in total. The Morgan fingerprint density at radius 1 is 1.32 bits per heavy atom. The van der Waals surface area contributed by atoms with Crippen molar-refractivity contribution in [3.63, 3.8) is 0 Å². The summed E-state index contributed by atoms with van der Waals surface area (Å²) in [6.07, 6.45) is 0.737. The van der Waals surface area contributed by atoms with Crippen molar-refractivity contribution in [2.24, 2.45) is 0 Å². The number of rotatable bonds is 6. The Labute approximate surface area is 114 Å². The molecule has 1 unspecified atom stereocenters. The van der Waals surface area contributed by atoms with E-state index in [0.29, 0.717) is 11.1 Å². The van der Waals surface area contributed by atoms with Gasteiger partial charge in [-0.25, -0.2) is 17.9 Å². The zero-order valence-corrected chi connectivity index (χ0v) is 12.2. The lowest BCUT2D eigenvalue weighted by Crippen LogP contribution is -2.32. The second kappa shape index (κ2) is 6.68. The summed E-state index contributed by atoms with van der Waals surface area (Å²) in [5, 5.41) is 0. The number of benzene rings is 1. The standard InChI is InChI=1S/C13H19NO4S/c1-4-10(2)14-19(16,17)9-11-5-7-12(8-6-11)13(15)18-3/h5-8,10,14H,4,9H2,1-3H3. The van der Waals surface area contributed by atoms with Crippen LogP contribution in [-0.2, 0) is 20.5 Å². The average Bonchev–Trinajstić information content (AvgIpc) is 2.37. The quantitative estimate of drug-likeness (QED) is 0.807. The van der Waals surface area contributed by atoms with E-state index in [4.69, 9.17) is 0 Å². The fourth-order valence-electron chi connectivity index (χ4n) is 1.51. The minimum Gasteiger partial charge on any atom is -0.465 e. The molecule has 0 bridgehead atoms. The smallest absolute Gasteiger partial charge is 0.337 e. The monoisotopic (exact) mass is 285 g/mol. The molecule has 0 aliphatic carbocycles. The van der Waals surface area contributed by atoms with Crippen molar-refractivity contribution < 1.29 is 17.9 Å². The summed E-state index contributed by atoms with van der Waals surface area (Å²) in [6.45, 7) is 3.73. The van der Waals surface area contributed by atoms with E-state index < -0.39 is 16.0 Å². The number of carbonyl (C=O) groups is 1. The average molecular weight is 285 g/mol. The highest BCUT2D eigenvalue weighted by atomic mass is 32.2. The third-order valence-electron chi connectivity index (χ3n) is 2.72. The van der Waals surface area contributed by atoms with Crippen molar-refractivity contribution >= 4 is 16.0 Å². The molecule has 0 spiro atoms. The van der Waals surface area contributed by atoms with Crippen LogP contribution in [0.3, 0.4) is 0 Å². The summed E-state index contributed by atoms with van der Waals surface area (Å²) in [7, 11) is -2.05. The molecule has 0 aromatic heterocycles. The van der Waals surface area contributed by atoms with Crippen LogP contribution in [0.25, 0.3) is 0 Å². The Hall–Kier alpha value is -1.40. The van der Waals surface area contributed by atoms with Crippen LogP contribution in [0, 0.1) is 0 Å². The van der Waals surface area contributed by atoms with Gasteiger partial charge < -0.3 is 4.74 Å². The molecule has 0 heterocycles. The second-order valence-corrected chi connectivity index (χ2v) is 6.13. The van der Waals surface area contributed by atoms with E-state index >= 15 is 0 Å². The number of methoxy groups -OCH3 is 1. The topological polar surface area (TPSA) is 72.5 Å².